The van der Waals surface area contributed by atoms with Gasteiger partial charge in [-0.3, -0.25) is 0 Å². The summed E-state index contributed by atoms with van der Waals surface area (Å²) in [5.74, 6) is 0. The fraction of sp³-hybridized carbons (Fsp3) is 0.571. The van der Waals surface area contributed by atoms with Crippen molar-refractivity contribution < 1.29 is 4.74 Å². The van der Waals surface area contributed by atoms with E-state index in [1.165, 1.54) is 5.56 Å². The number of ether oxygens (including phenoxy) is 1. The van der Waals surface area contributed by atoms with Crippen molar-refractivity contribution in [2.24, 2.45) is 0 Å². The molecule has 0 aromatic heterocycles. The van der Waals surface area contributed by atoms with E-state index in [0.717, 1.165) is 24.5 Å². The molecule has 1 N–H and O–H groups in total. The molecule has 0 radical (unpaired) electrons. The summed E-state index contributed by atoms with van der Waals surface area (Å²) in [6.45, 7) is 5.05. The largest absolute Gasteiger partial charge is 0.378 e. The summed E-state index contributed by atoms with van der Waals surface area (Å²) in [5.41, 5.74) is 1.25. The monoisotopic (exact) mass is 253 g/mol. The van der Waals surface area contributed by atoms with Crippen LogP contribution in [0.1, 0.15) is 38.3 Å². The summed E-state index contributed by atoms with van der Waals surface area (Å²) in [4.78, 5) is 0. The van der Waals surface area contributed by atoms with E-state index in [-0.39, 0.29) is 0 Å². The molecule has 1 saturated carbocycles. The second-order valence-corrected chi connectivity index (χ2v) is 5.13. The maximum Gasteiger partial charge on any atom is 0.0604 e. The summed E-state index contributed by atoms with van der Waals surface area (Å²) in [5, 5.41) is 4.41. The molecule has 17 heavy (non-hydrogen) atoms. The normalized spacial score (nSPS) is 25.4. The van der Waals surface area contributed by atoms with Gasteiger partial charge in [0.2, 0.25) is 0 Å². The topological polar surface area (TPSA) is 21.3 Å². The van der Waals surface area contributed by atoms with Crippen LogP contribution in [0.2, 0.25) is 5.02 Å². The van der Waals surface area contributed by atoms with Gasteiger partial charge in [-0.15, -0.1) is 0 Å². The van der Waals surface area contributed by atoms with E-state index in [4.69, 9.17) is 16.3 Å². The first-order chi connectivity index (χ1) is 8.19. The first-order valence-corrected chi connectivity index (χ1v) is 6.70. The van der Waals surface area contributed by atoms with Gasteiger partial charge < -0.3 is 10.1 Å². The first kappa shape index (κ1) is 12.9. The highest BCUT2D eigenvalue weighted by molar-refractivity contribution is 6.30. The smallest absolute Gasteiger partial charge is 0.0604 e. The van der Waals surface area contributed by atoms with Gasteiger partial charge in [0, 0.05) is 23.7 Å². The zero-order chi connectivity index (χ0) is 12.3. The summed E-state index contributed by atoms with van der Waals surface area (Å²) < 4.78 is 5.55. The van der Waals surface area contributed by atoms with E-state index in [1.54, 1.807) is 0 Å². The van der Waals surface area contributed by atoms with Gasteiger partial charge in [0.1, 0.15) is 0 Å². The Morgan fingerprint density at radius 2 is 2.24 bits per heavy atom. The first-order valence-electron chi connectivity index (χ1n) is 6.32. The van der Waals surface area contributed by atoms with Crippen LogP contribution in [0.3, 0.4) is 0 Å². The van der Waals surface area contributed by atoms with E-state index in [2.05, 4.69) is 25.2 Å². The third kappa shape index (κ3) is 3.44. The average molecular weight is 254 g/mol. The van der Waals surface area contributed by atoms with Crippen molar-refractivity contribution in [3.05, 3.63) is 34.9 Å². The number of hydrogen-bond donors (Lipinski definition) is 1. The van der Waals surface area contributed by atoms with Gasteiger partial charge in [0.25, 0.3) is 0 Å². The summed E-state index contributed by atoms with van der Waals surface area (Å²) >= 11 is 5.99. The molecule has 3 heteroatoms. The fourth-order valence-electron chi connectivity index (χ4n) is 2.30. The van der Waals surface area contributed by atoms with Crippen molar-refractivity contribution in [2.75, 3.05) is 6.61 Å². The van der Waals surface area contributed by atoms with Gasteiger partial charge >= 0.3 is 0 Å². The van der Waals surface area contributed by atoms with Crippen LogP contribution in [-0.2, 0) is 4.74 Å². The zero-order valence-corrected chi connectivity index (χ0v) is 11.2. The predicted molar refractivity (Wildman–Crippen MR) is 71.4 cm³/mol. The highest BCUT2D eigenvalue weighted by atomic mass is 35.5. The number of benzene rings is 1. The molecule has 1 atom stereocenters. The predicted octanol–water partition coefficient (Wildman–Crippen LogP) is 3.56. The van der Waals surface area contributed by atoms with Gasteiger partial charge in [0.05, 0.1) is 6.10 Å². The summed E-state index contributed by atoms with van der Waals surface area (Å²) in [7, 11) is 0. The Morgan fingerprint density at radius 1 is 1.47 bits per heavy atom. The highest BCUT2D eigenvalue weighted by Gasteiger charge is 2.30. The van der Waals surface area contributed by atoms with Gasteiger partial charge in [-0.2, -0.15) is 0 Å². The third-order valence-electron chi connectivity index (χ3n) is 3.33. The second kappa shape index (κ2) is 5.85. The minimum atomic E-state index is 0.348. The van der Waals surface area contributed by atoms with E-state index >= 15 is 0 Å². The molecule has 0 amide bonds. The van der Waals surface area contributed by atoms with Crippen LogP contribution in [0, 0.1) is 0 Å². The van der Waals surface area contributed by atoms with Gasteiger partial charge in [-0.1, -0.05) is 23.7 Å². The average Bonchev–Trinajstić information content (AvgIpc) is 2.26. The number of nitrogens with one attached hydrogen (secondary N) is 1. The van der Waals surface area contributed by atoms with Crippen LogP contribution in [-0.4, -0.2) is 18.8 Å². The molecule has 0 saturated heterocycles. The molecule has 1 aliphatic carbocycles. The molecular formula is C14H20ClNO. The lowest BCUT2D eigenvalue weighted by Gasteiger charge is -2.37. The molecular weight excluding hydrogens is 234 g/mol. The summed E-state index contributed by atoms with van der Waals surface area (Å²) in [6.07, 6.45) is 2.71. The van der Waals surface area contributed by atoms with Gasteiger partial charge in [-0.25, -0.2) is 0 Å². The Kier molecular flexibility index (Phi) is 4.43. The Hall–Kier alpha value is -0.570. The van der Waals surface area contributed by atoms with Crippen molar-refractivity contribution in [1.29, 1.82) is 0 Å². The Bertz CT molecular complexity index is 363. The maximum atomic E-state index is 5.99. The van der Waals surface area contributed by atoms with E-state index in [1.807, 2.05) is 18.2 Å². The van der Waals surface area contributed by atoms with Crippen molar-refractivity contribution in [1.82, 2.24) is 5.32 Å². The van der Waals surface area contributed by atoms with Crippen LogP contribution >= 0.6 is 11.6 Å². The molecule has 2 nitrogen and oxygen atoms in total. The number of hydrogen-bond acceptors (Lipinski definition) is 2. The van der Waals surface area contributed by atoms with Crippen molar-refractivity contribution in [2.45, 2.75) is 44.9 Å². The molecule has 1 aliphatic rings. The molecule has 0 aliphatic heterocycles. The third-order valence-corrected chi connectivity index (χ3v) is 3.57. The lowest BCUT2D eigenvalue weighted by molar-refractivity contribution is -0.0120. The Morgan fingerprint density at radius 3 is 2.88 bits per heavy atom. The van der Waals surface area contributed by atoms with E-state index in [0.29, 0.717) is 18.2 Å². The van der Waals surface area contributed by atoms with E-state index < -0.39 is 0 Å². The molecule has 94 valence electrons. The lowest BCUT2D eigenvalue weighted by atomic mass is 9.88. The number of rotatable bonds is 5. The molecule has 1 aromatic carbocycles. The van der Waals surface area contributed by atoms with Gasteiger partial charge in [0.15, 0.2) is 0 Å². The van der Waals surface area contributed by atoms with Crippen molar-refractivity contribution >= 4 is 11.6 Å². The number of halogens is 1. The molecule has 0 heterocycles. The SMILES string of the molecule is CCOC1CC(N[C@@H](C)c2cccc(Cl)c2)C1. The highest BCUT2D eigenvalue weighted by Crippen LogP contribution is 2.26. The van der Waals surface area contributed by atoms with Crippen LogP contribution in [0.4, 0.5) is 0 Å². The molecule has 1 aromatic rings. The van der Waals surface area contributed by atoms with Gasteiger partial charge in [-0.05, 0) is 44.4 Å². The molecule has 0 unspecified atom stereocenters. The quantitative estimate of drug-likeness (QED) is 0.867. The summed E-state index contributed by atoms with van der Waals surface area (Å²) in [6, 6.07) is 8.98. The molecule has 2 rings (SSSR count). The minimum absolute atomic E-state index is 0.348. The van der Waals surface area contributed by atoms with Crippen molar-refractivity contribution in [3.8, 4) is 0 Å². The minimum Gasteiger partial charge on any atom is -0.378 e. The maximum absolute atomic E-state index is 5.99. The fourth-order valence-corrected chi connectivity index (χ4v) is 2.50. The molecule has 0 spiro atoms. The lowest BCUT2D eigenvalue weighted by Crippen LogP contribution is -2.46. The van der Waals surface area contributed by atoms with Crippen LogP contribution < -0.4 is 5.32 Å². The van der Waals surface area contributed by atoms with Crippen molar-refractivity contribution in [3.63, 3.8) is 0 Å². The second-order valence-electron chi connectivity index (χ2n) is 4.69. The molecule has 1 fully saturated rings. The standard InChI is InChI=1S/C14H20ClNO/c1-3-17-14-8-13(9-14)16-10(2)11-5-4-6-12(15)7-11/h4-7,10,13-14,16H,3,8-9H2,1-2H3/t10-,13?,14?/m0/s1. The van der Waals surface area contributed by atoms with E-state index in [9.17, 15) is 0 Å². The Balaban J connectivity index is 1.80. The van der Waals surface area contributed by atoms with Crippen LogP contribution in [0.5, 0.6) is 0 Å². The van der Waals surface area contributed by atoms with Crippen LogP contribution in [0.15, 0.2) is 24.3 Å². The Labute approximate surface area is 108 Å². The zero-order valence-electron chi connectivity index (χ0n) is 10.4. The molecule has 0 bridgehead atoms. The van der Waals surface area contributed by atoms with Crippen LogP contribution in [0.25, 0.3) is 0 Å².